The largest absolute Gasteiger partial charge is 0.469 e. The maximum absolute atomic E-state index is 12.1. The average Bonchev–Trinajstić information content (AvgIpc) is 3.10. The van der Waals surface area contributed by atoms with Gasteiger partial charge >= 0.3 is 0 Å². The molecule has 2 heteroatoms. The molecule has 0 fully saturated rings. The average molecular weight is 278 g/mol. The Bertz CT molecular complexity index is 703. The first kappa shape index (κ1) is 13.6. The topological polar surface area (TPSA) is 30.2 Å². The van der Waals surface area contributed by atoms with E-state index in [2.05, 4.69) is 12.2 Å². The summed E-state index contributed by atoms with van der Waals surface area (Å²) >= 11 is 0. The molecule has 1 aromatic carbocycles. The van der Waals surface area contributed by atoms with Crippen molar-refractivity contribution >= 4 is 11.4 Å². The Labute approximate surface area is 124 Å². The second-order valence-corrected chi connectivity index (χ2v) is 5.29. The first-order valence-corrected chi connectivity index (χ1v) is 7.31. The van der Waals surface area contributed by atoms with Gasteiger partial charge in [-0.25, -0.2) is 0 Å². The summed E-state index contributed by atoms with van der Waals surface area (Å²) in [7, 11) is 0. The van der Waals surface area contributed by atoms with Gasteiger partial charge in [0, 0.05) is 17.6 Å². The van der Waals surface area contributed by atoms with Crippen molar-refractivity contribution in [3.05, 3.63) is 77.3 Å². The summed E-state index contributed by atoms with van der Waals surface area (Å²) in [6.45, 7) is 1.91. The normalized spacial score (nSPS) is 14.2. The van der Waals surface area contributed by atoms with E-state index in [1.165, 1.54) is 0 Å². The van der Waals surface area contributed by atoms with Gasteiger partial charge in [-0.05, 0) is 43.0 Å². The Balaban J connectivity index is 1.64. The van der Waals surface area contributed by atoms with Crippen molar-refractivity contribution in [3.8, 4) is 0 Å². The van der Waals surface area contributed by atoms with E-state index in [0.717, 1.165) is 47.3 Å². The van der Waals surface area contributed by atoms with E-state index < -0.39 is 0 Å². The quantitative estimate of drug-likeness (QED) is 0.733. The predicted molar refractivity (Wildman–Crippen MR) is 84.2 cm³/mol. The smallest absolute Gasteiger partial charge is 0.189 e. The molecule has 2 aromatic rings. The van der Waals surface area contributed by atoms with Gasteiger partial charge in [-0.15, -0.1) is 0 Å². The predicted octanol–water partition coefficient (Wildman–Crippen LogP) is 4.83. The van der Waals surface area contributed by atoms with Crippen LogP contribution in [0.2, 0.25) is 0 Å². The highest BCUT2D eigenvalue weighted by atomic mass is 16.3. The zero-order chi connectivity index (χ0) is 14.7. The molecular formula is C19H18O2. The lowest BCUT2D eigenvalue weighted by Gasteiger charge is -1.99. The second-order valence-electron chi connectivity index (χ2n) is 5.29. The van der Waals surface area contributed by atoms with E-state index in [4.69, 9.17) is 4.42 Å². The van der Waals surface area contributed by atoms with Crippen LogP contribution < -0.4 is 0 Å². The van der Waals surface area contributed by atoms with E-state index in [1.54, 1.807) is 6.26 Å². The summed E-state index contributed by atoms with van der Waals surface area (Å²) in [5.74, 6) is 1.18. The van der Waals surface area contributed by atoms with Gasteiger partial charge in [0.1, 0.15) is 5.76 Å². The van der Waals surface area contributed by atoms with Crippen LogP contribution in [0.4, 0.5) is 0 Å². The molecule has 1 heterocycles. The molecule has 1 aliphatic carbocycles. The molecule has 1 aromatic heterocycles. The third-order valence-corrected chi connectivity index (χ3v) is 3.87. The van der Waals surface area contributed by atoms with Crippen molar-refractivity contribution in [1.82, 2.24) is 0 Å². The molecule has 0 saturated carbocycles. The van der Waals surface area contributed by atoms with Crippen LogP contribution in [0.5, 0.6) is 0 Å². The summed E-state index contributed by atoms with van der Waals surface area (Å²) in [5, 5.41) is 0. The molecule has 0 bridgehead atoms. The molecule has 0 saturated heterocycles. The number of furan rings is 1. The number of fused-ring (bicyclic) bond motifs is 1. The minimum absolute atomic E-state index is 0.154. The number of aryl methyl sites for hydroxylation is 1. The van der Waals surface area contributed by atoms with E-state index >= 15 is 0 Å². The van der Waals surface area contributed by atoms with E-state index in [1.807, 2.05) is 43.3 Å². The minimum atomic E-state index is 0.154. The van der Waals surface area contributed by atoms with Gasteiger partial charge in [0.2, 0.25) is 0 Å². The molecule has 0 spiro atoms. The minimum Gasteiger partial charge on any atom is -0.469 e. The molecule has 2 nitrogen and oxygen atoms in total. The zero-order valence-corrected chi connectivity index (χ0v) is 12.1. The zero-order valence-electron chi connectivity index (χ0n) is 12.1. The van der Waals surface area contributed by atoms with Gasteiger partial charge in [0.05, 0.1) is 6.26 Å². The van der Waals surface area contributed by atoms with Crippen molar-refractivity contribution in [2.24, 2.45) is 0 Å². The summed E-state index contributed by atoms with van der Waals surface area (Å²) in [4.78, 5) is 12.1. The molecule has 0 aliphatic heterocycles. The van der Waals surface area contributed by atoms with Gasteiger partial charge in [-0.1, -0.05) is 36.4 Å². The second kappa shape index (κ2) is 5.96. The van der Waals surface area contributed by atoms with Crippen LogP contribution in [-0.2, 0) is 6.42 Å². The third-order valence-electron chi connectivity index (χ3n) is 3.87. The van der Waals surface area contributed by atoms with Crippen molar-refractivity contribution in [1.29, 1.82) is 0 Å². The SMILES string of the molecule is CC1=C(/C=C\CCCc2ccco2)c2ccccc2C1=O. The fraction of sp³-hybridized carbons (Fsp3) is 0.211. The lowest BCUT2D eigenvalue weighted by atomic mass is 10.0. The standard InChI is InChI=1S/C19H18O2/c1-14-16(17-11-5-6-12-18(17)19(14)20)10-4-2-3-8-15-9-7-13-21-15/h4-7,9-13H,2-3,8H2,1H3/b10-4-. The molecule has 0 amide bonds. The number of allylic oxidation sites excluding steroid dienone is 4. The Morgan fingerprint density at radius 1 is 1.10 bits per heavy atom. The van der Waals surface area contributed by atoms with Crippen LogP contribution in [-0.4, -0.2) is 5.78 Å². The molecule has 0 unspecified atom stereocenters. The molecule has 0 radical (unpaired) electrons. The van der Waals surface area contributed by atoms with Crippen LogP contribution >= 0.6 is 0 Å². The molecular weight excluding hydrogens is 260 g/mol. The van der Waals surface area contributed by atoms with Gasteiger partial charge in [-0.3, -0.25) is 4.79 Å². The maximum Gasteiger partial charge on any atom is 0.189 e. The molecule has 3 rings (SSSR count). The number of Topliss-reactive ketones (excluding diaryl/α,β-unsaturated/α-hetero) is 1. The molecule has 1 aliphatic rings. The maximum atomic E-state index is 12.1. The third kappa shape index (κ3) is 2.75. The molecule has 0 N–H and O–H groups in total. The first-order valence-electron chi connectivity index (χ1n) is 7.31. The highest BCUT2D eigenvalue weighted by Crippen LogP contribution is 2.33. The van der Waals surface area contributed by atoms with E-state index in [9.17, 15) is 4.79 Å². The fourth-order valence-corrected chi connectivity index (χ4v) is 2.71. The highest BCUT2D eigenvalue weighted by Gasteiger charge is 2.24. The van der Waals surface area contributed by atoms with E-state index in [0.29, 0.717) is 0 Å². The van der Waals surface area contributed by atoms with Crippen molar-refractivity contribution in [2.75, 3.05) is 0 Å². The summed E-state index contributed by atoms with van der Waals surface area (Å²) in [6.07, 6.45) is 8.92. The number of rotatable bonds is 5. The number of hydrogen-bond acceptors (Lipinski definition) is 2. The Kier molecular flexibility index (Phi) is 3.87. The van der Waals surface area contributed by atoms with Gasteiger partial charge in [0.25, 0.3) is 0 Å². The van der Waals surface area contributed by atoms with Crippen LogP contribution in [0, 0.1) is 0 Å². The summed E-state index contributed by atoms with van der Waals surface area (Å²) in [6, 6.07) is 11.7. The lowest BCUT2D eigenvalue weighted by molar-refractivity contribution is 0.103. The van der Waals surface area contributed by atoms with Crippen LogP contribution in [0.15, 0.2) is 64.8 Å². The monoisotopic (exact) mass is 278 g/mol. The number of benzene rings is 1. The number of hydrogen-bond donors (Lipinski definition) is 0. The first-order chi connectivity index (χ1) is 10.3. The van der Waals surface area contributed by atoms with Gasteiger partial charge in [0.15, 0.2) is 5.78 Å². The summed E-state index contributed by atoms with van der Waals surface area (Å²) in [5.41, 5.74) is 3.79. The Morgan fingerprint density at radius 2 is 1.90 bits per heavy atom. The summed E-state index contributed by atoms with van der Waals surface area (Å²) < 4.78 is 5.31. The van der Waals surface area contributed by atoms with Crippen LogP contribution in [0.3, 0.4) is 0 Å². The van der Waals surface area contributed by atoms with Gasteiger partial charge in [-0.2, -0.15) is 0 Å². The van der Waals surface area contributed by atoms with Crippen LogP contribution in [0.25, 0.3) is 5.57 Å². The molecule has 0 atom stereocenters. The molecule has 106 valence electrons. The lowest BCUT2D eigenvalue weighted by Crippen LogP contribution is -1.94. The van der Waals surface area contributed by atoms with Gasteiger partial charge < -0.3 is 4.42 Å². The fourth-order valence-electron chi connectivity index (χ4n) is 2.71. The molecule has 21 heavy (non-hydrogen) atoms. The highest BCUT2D eigenvalue weighted by molar-refractivity contribution is 6.21. The number of carbonyl (C=O) groups is 1. The van der Waals surface area contributed by atoms with Crippen LogP contribution in [0.1, 0.15) is 41.4 Å². The number of carbonyl (C=O) groups excluding carboxylic acids is 1. The Hall–Kier alpha value is -2.35. The number of unbranched alkanes of at least 4 members (excludes halogenated alkanes) is 1. The number of ketones is 1. The van der Waals surface area contributed by atoms with Crippen molar-refractivity contribution < 1.29 is 9.21 Å². The van der Waals surface area contributed by atoms with Crippen molar-refractivity contribution in [2.45, 2.75) is 26.2 Å². The van der Waals surface area contributed by atoms with Crippen molar-refractivity contribution in [3.63, 3.8) is 0 Å². The Morgan fingerprint density at radius 3 is 2.67 bits per heavy atom. The van der Waals surface area contributed by atoms with E-state index in [-0.39, 0.29) is 5.78 Å².